The van der Waals surface area contributed by atoms with Gasteiger partial charge in [0.05, 0.1) is 6.26 Å². The highest BCUT2D eigenvalue weighted by Crippen LogP contribution is 2.20. The van der Waals surface area contributed by atoms with Gasteiger partial charge in [0.1, 0.15) is 0 Å². The van der Waals surface area contributed by atoms with E-state index >= 15 is 0 Å². The lowest BCUT2D eigenvalue weighted by molar-refractivity contribution is 0.309. The average molecular weight is 376 g/mol. The lowest BCUT2D eigenvalue weighted by Gasteiger charge is -2.28. The first-order chi connectivity index (χ1) is 12.4. The van der Waals surface area contributed by atoms with Gasteiger partial charge >= 0.3 is 0 Å². The van der Waals surface area contributed by atoms with Crippen LogP contribution in [0.4, 0.5) is 11.4 Å². The van der Waals surface area contributed by atoms with E-state index in [1.807, 2.05) is 30.3 Å². The van der Waals surface area contributed by atoms with E-state index in [2.05, 4.69) is 52.6 Å². The summed E-state index contributed by atoms with van der Waals surface area (Å²) >= 11 is 0. The number of nitrogens with one attached hydrogen (secondary N) is 1. The maximum Gasteiger partial charge on any atom is 0.229 e. The zero-order valence-corrected chi connectivity index (χ0v) is 16.7. The highest BCUT2D eigenvalue weighted by Gasteiger charge is 2.10. The minimum Gasteiger partial charge on any atom is -0.366 e. The van der Waals surface area contributed by atoms with Gasteiger partial charge in [0.2, 0.25) is 10.0 Å². The highest BCUT2D eigenvalue weighted by molar-refractivity contribution is 7.92. The van der Waals surface area contributed by atoms with Gasteiger partial charge in [-0.25, -0.2) is 8.42 Å². The molecule has 0 aliphatic heterocycles. The fourth-order valence-electron chi connectivity index (χ4n) is 2.86. The number of sulfonamides is 1. The van der Waals surface area contributed by atoms with E-state index < -0.39 is 10.0 Å². The molecule has 0 heterocycles. The van der Waals surface area contributed by atoms with Crippen LogP contribution in [0.15, 0.2) is 54.6 Å². The van der Waals surface area contributed by atoms with Crippen molar-refractivity contribution in [1.82, 2.24) is 4.90 Å². The normalized spacial score (nSPS) is 11.5. The SMILES string of the molecule is CCN(CC)CCN(Cc1ccccc1)c1ccc(NS(C)(=O)=O)cc1. The number of hydrogen-bond donors (Lipinski definition) is 1. The number of rotatable bonds is 10. The van der Waals surface area contributed by atoms with Crippen LogP contribution in [0.1, 0.15) is 19.4 Å². The van der Waals surface area contributed by atoms with E-state index in [0.29, 0.717) is 5.69 Å². The van der Waals surface area contributed by atoms with Gasteiger partial charge in [-0.1, -0.05) is 44.2 Å². The van der Waals surface area contributed by atoms with Crippen LogP contribution in [0.3, 0.4) is 0 Å². The van der Waals surface area contributed by atoms with Crippen LogP contribution in [-0.4, -0.2) is 45.8 Å². The molecule has 142 valence electrons. The van der Waals surface area contributed by atoms with Crippen LogP contribution in [0, 0.1) is 0 Å². The van der Waals surface area contributed by atoms with Crippen LogP contribution >= 0.6 is 0 Å². The summed E-state index contributed by atoms with van der Waals surface area (Å²) in [5.74, 6) is 0. The molecule has 2 rings (SSSR count). The Balaban J connectivity index is 2.16. The largest absolute Gasteiger partial charge is 0.366 e. The van der Waals surface area contributed by atoms with E-state index in [1.165, 1.54) is 5.56 Å². The van der Waals surface area contributed by atoms with Crippen molar-refractivity contribution in [3.05, 3.63) is 60.2 Å². The topological polar surface area (TPSA) is 52.6 Å². The predicted molar refractivity (Wildman–Crippen MR) is 110 cm³/mol. The molecule has 5 nitrogen and oxygen atoms in total. The molecule has 6 heteroatoms. The third-order valence-electron chi connectivity index (χ3n) is 4.33. The van der Waals surface area contributed by atoms with Crippen molar-refractivity contribution in [2.24, 2.45) is 0 Å². The molecule has 0 unspecified atom stereocenters. The number of nitrogens with zero attached hydrogens (tertiary/aromatic N) is 2. The second-order valence-corrected chi connectivity index (χ2v) is 8.10. The van der Waals surface area contributed by atoms with E-state index in [-0.39, 0.29) is 0 Å². The molecule has 0 atom stereocenters. The average Bonchev–Trinajstić information content (AvgIpc) is 2.62. The Morgan fingerprint density at radius 2 is 1.50 bits per heavy atom. The summed E-state index contributed by atoms with van der Waals surface area (Å²) in [7, 11) is -3.26. The quantitative estimate of drug-likeness (QED) is 0.691. The third-order valence-corrected chi connectivity index (χ3v) is 4.94. The summed E-state index contributed by atoms with van der Waals surface area (Å²) < 4.78 is 25.3. The van der Waals surface area contributed by atoms with E-state index in [4.69, 9.17) is 0 Å². The number of hydrogen-bond acceptors (Lipinski definition) is 4. The Morgan fingerprint density at radius 3 is 2.04 bits per heavy atom. The third kappa shape index (κ3) is 6.69. The number of benzene rings is 2. The Kier molecular flexibility index (Phi) is 7.48. The number of likely N-dealkylation sites (N-methyl/N-ethyl adjacent to an activating group) is 1. The first kappa shape index (κ1) is 20.3. The van der Waals surface area contributed by atoms with Gasteiger partial charge in [-0.15, -0.1) is 0 Å². The van der Waals surface area contributed by atoms with Gasteiger partial charge in [-0.05, 0) is 42.9 Å². The summed E-state index contributed by atoms with van der Waals surface area (Å²) in [5, 5.41) is 0. The Morgan fingerprint density at radius 1 is 0.885 bits per heavy atom. The van der Waals surface area contributed by atoms with Crippen LogP contribution in [0.25, 0.3) is 0 Å². The molecule has 2 aromatic carbocycles. The molecule has 0 aromatic heterocycles. The summed E-state index contributed by atoms with van der Waals surface area (Å²) in [4.78, 5) is 4.73. The second-order valence-electron chi connectivity index (χ2n) is 6.36. The lowest BCUT2D eigenvalue weighted by atomic mass is 10.2. The highest BCUT2D eigenvalue weighted by atomic mass is 32.2. The molecule has 2 aromatic rings. The Labute approximate surface area is 157 Å². The fraction of sp³-hybridized carbons (Fsp3) is 0.400. The van der Waals surface area contributed by atoms with Gasteiger partial charge in [-0.2, -0.15) is 0 Å². The number of anilines is 2. The van der Waals surface area contributed by atoms with Crippen molar-refractivity contribution in [3.63, 3.8) is 0 Å². The molecule has 0 bridgehead atoms. The molecular formula is C20H29N3O2S. The van der Waals surface area contributed by atoms with E-state index in [9.17, 15) is 8.42 Å². The van der Waals surface area contributed by atoms with Crippen molar-refractivity contribution >= 4 is 21.4 Å². The van der Waals surface area contributed by atoms with Crippen molar-refractivity contribution < 1.29 is 8.42 Å². The van der Waals surface area contributed by atoms with Crippen molar-refractivity contribution in [2.75, 3.05) is 42.1 Å². The minimum atomic E-state index is -3.26. The molecular weight excluding hydrogens is 346 g/mol. The standard InChI is InChI=1S/C20H29N3O2S/c1-4-22(5-2)15-16-23(17-18-9-7-6-8-10-18)20-13-11-19(12-14-20)21-26(3,24)25/h6-14,21H,4-5,15-17H2,1-3H3. The molecule has 0 amide bonds. The van der Waals surface area contributed by atoms with Gasteiger partial charge in [-0.3, -0.25) is 4.72 Å². The van der Waals surface area contributed by atoms with Gasteiger partial charge < -0.3 is 9.80 Å². The van der Waals surface area contributed by atoms with Crippen molar-refractivity contribution in [1.29, 1.82) is 0 Å². The Bertz CT molecular complexity index is 757. The zero-order valence-electron chi connectivity index (χ0n) is 15.9. The predicted octanol–water partition coefficient (Wildman–Crippen LogP) is 3.41. The molecule has 0 spiro atoms. The van der Waals surface area contributed by atoms with Gasteiger partial charge in [0.25, 0.3) is 0 Å². The molecule has 0 aliphatic carbocycles. The summed E-state index contributed by atoms with van der Waals surface area (Å²) in [6.07, 6.45) is 1.16. The fourth-order valence-corrected chi connectivity index (χ4v) is 3.42. The van der Waals surface area contributed by atoms with Crippen LogP contribution in [0.5, 0.6) is 0 Å². The Hall–Kier alpha value is -2.05. The van der Waals surface area contributed by atoms with E-state index in [0.717, 1.165) is 44.7 Å². The minimum absolute atomic E-state index is 0.583. The van der Waals surface area contributed by atoms with Crippen LogP contribution < -0.4 is 9.62 Å². The van der Waals surface area contributed by atoms with E-state index in [1.54, 1.807) is 0 Å². The molecule has 0 fully saturated rings. The first-order valence-electron chi connectivity index (χ1n) is 9.00. The van der Waals surface area contributed by atoms with Crippen LogP contribution in [0.2, 0.25) is 0 Å². The monoisotopic (exact) mass is 375 g/mol. The van der Waals surface area contributed by atoms with Gasteiger partial charge in [0, 0.05) is 31.0 Å². The smallest absolute Gasteiger partial charge is 0.229 e. The second kappa shape index (κ2) is 9.59. The zero-order chi connectivity index (χ0) is 19.0. The molecule has 0 saturated heterocycles. The maximum absolute atomic E-state index is 11.4. The molecule has 0 saturated carbocycles. The van der Waals surface area contributed by atoms with Crippen molar-refractivity contribution in [2.45, 2.75) is 20.4 Å². The summed E-state index contributed by atoms with van der Waals surface area (Å²) in [6, 6.07) is 18.0. The first-order valence-corrected chi connectivity index (χ1v) is 10.9. The molecule has 26 heavy (non-hydrogen) atoms. The summed E-state index contributed by atoms with van der Waals surface area (Å²) in [5.41, 5.74) is 2.92. The van der Waals surface area contributed by atoms with Crippen molar-refractivity contribution in [3.8, 4) is 0 Å². The lowest BCUT2D eigenvalue weighted by Crippen LogP contribution is -2.34. The van der Waals surface area contributed by atoms with Gasteiger partial charge in [0.15, 0.2) is 0 Å². The molecule has 0 radical (unpaired) electrons. The molecule has 1 N–H and O–H groups in total. The maximum atomic E-state index is 11.4. The molecule has 0 aliphatic rings. The van der Waals surface area contributed by atoms with Crippen LogP contribution in [-0.2, 0) is 16.6 Å². The summed E-state index contributed by atoms with van der Waals surface area (Å²) in [6.45, 7) is 9.15.